The zero-order valence-electron chi connectivity index (χ0n) is 22.1. The predicted octanol–water partition coefficient (Wildman–Crippen LogP) is -4.97. The van der Waals surface area contributed by atoms with Crippen LogP contribution >= 0.6 is 0 Å². The molecular formula is C23H41NO15. The predicted molar refractivity (Wildman–Crippen MR) is 125 cm³/mol. The summed E-state index contributed by atoms with van der Waals surface area (Å²) in [5, 5.41) is 84.9. The maximum Gasteiger partial charge on any atom is 0.217 e. The molecule has 3 saturated heterocycles. The fraction of sp³-hybridized carbons (Fsp3) is 0.957. The van der Waals surface area contributed by atoms with Crippen molar-refractivity contribution in [1.82, 2.24) is 5.32 Å². The molecule has 0 aromatic heterocycles. The number of aliphatic hydroxyl groups excluding tert-OH is 8. The molecule has 3 aliphatic rings. The molecule has 0 unspecified atom stereocenters. The number of hydrogen-bond donors (Lipinski definition) is 9. The van der Waals surface area contributed by atoms with Crippen LogP contribution in [0.5, 0.6) is 0 Å². The van der Waals surface area contributed by atoms with Crippen molar-refractivity contribution in [2.24, 2.45) is 0 Å². The highest BCUT2D eigenvalue weighted by Gasteiger charge is 2.52. The van der Waals surface area contributed by atoms with Crippen LogP contribution in [0.25, 0.3) is 0 Å². The number of amides is 1. The first-order chi connectivity index (χ1) is 18.3. The number of rotatable bonds is 9. The van der Waals surface area contributed by atoms with Gasteiger partial charge in [0.1, 0.15) is 54.9 Å². The molecule has 9 N–H and O–H groups in total. The quantitative estimate of drug-likeness (QED) is 0.126. The summed E-state index contributed by atoms with van der Waals surface area (Å²) >= 11 is 0. The van der Waals surface area contributed by atoms with Gasteiger partial charge in [-0.05, 0) is 20.8 Å². The van der Waals surface area contributed by atoms with Crippen molar-refractivity contribution in [3.05, 3.63) is 0 Å². The van der Waals surface area contributed by atoms with Crippen LogP contribution < -0.4 is 5.32 Å². The molecule has 0 radical (unpaired) electrons. The second kappa shape index (κ2) is 13.7. The monoisotopic (exact) mass is 571 g/mol. The highest BCUT2D eigenvalue weighted by Crippen LogP contribution is 2.32. The summed E-state index contributed by atoms with van der Waals surface area (Å²) in [6.45, 7) is 4.54. The molecule has 3 aliphatic heterocycles. The third-order valence-electron chi connectivity index (χ3n) is 7.09. The summed E-state index contributed by atoms with van der Waals surface area (Å²) in [6, 6.07) is -1.13. The Morgan fingerprint density at radius 1 is 0.692 bits per heavy atom. The van der Waals surface area contributed by atoms with Crippen LogP contribution in [0.2, 0.25) is 0 Å². The summed E-state index contributed by atoms with van der Waals surface area (Å²) in [4.78, 5) is 11.5. The minimum atomic E-state index is -1.76. The van der Waals surface area contributed by atoms with Crippen molar-refractivity contribution in [1.29, 1.82) is 0 Å². The lowest BCUT2D eigenvalue weighted by molar-refractivity contribution is -0.373. The standard InChI is InChI=1S/C23H41NO15/c1-7-13(28)12(24-10(4)27)15(30)21(34-7)38-19-9(3)36-22(17(32)16(19)31)39-20-14(29)8(2)35-23(18(20)33)37-11(5-25)6-26/h7-9,11-23,25-26,28-33H,5-6H2,1-4H3,(H,24,27)/t7-,8+,9+,12+,13+,14+,15-,16+,17-,18-,19+,20-,21-,22+,23+/m1/s1. The first kappa shape index (κ1) is 32.4. The van der Waals surface area contributed by atoms with Gasteiger partial charge in [0, 0.05) is 6.92 Å². The van der Waals surface area contributed by atoms with Gasteiger partial charge in [-0.3, -0.25) is 4.79 Å². The maximum absolute atomic E-state index is 11.5. The Labute approximate surface area is 224 Å². The number of nitrogens with one attached hydrogen (secondary N) is 1. The molecule has 0 spiro atoms. The average molecular weight is 572 g/mol. The van der Waals surface area contributed by atoms with E-state index in [0.717, 1.165) is 0 Å². The van der Waals surface area contributed by atoms with E-state index in [1.165, 1.54) is 27.7 Å². The molecule has 3 heterocycles. The largest absolute Gasteiger partial charge is 0.394 e. The number of carbonyl (C=O) groups is 1. The zero-order chi connectivity index (χ0) is 29.2. The van der Waals surface area contributed by atoms with Gasteiger partial charge in [-0.15, -0.1) is 0 Å². The Hall–Kier alpha value is -1.09. The molecule has 3 rings (SSSR count). The third kappa shape index (κ3) is 7.22. The zero-order valence-corrected chi connectivity index (χ0v) is 22.1. The van der Waals surface area contributed by atoms with Gasteiger partial charge in [0.05, 0.1) is 37.6 Å². The van der Waals surface area contributed by atoms with Gasteiger partial charge in [0.25, 0.3) is 0 Å². The fourth-order valence-corrected chi connectivity index (χ4v) is 4.77. The summed E-state index contributed by atoms with van der Waals surface area (Å²) in [5.74, 6) is -0.501. The Bertz CT molecular complexity index is 789. The summed E-state index contributed by atoms with van der Waals surface area (Å²) in [6.07, 6.45) is -20.2. The normalized spacial score (nSPS) is 47.3. The topological polar surface area (TPSA) is 246 Å². The smallest absolute Gasteiger partial charge is 0.217 e. The van der Waals surface area contributed by atoms with Crippen molar-refractivity contribution < 1.29 is 74.1 Å². The third-order valence-corrected chi connectivity index (χ3v) is 7.09. The van der Waals surface area contributed by atoms with Crippen LogP contribution in [0, 0.1) is 0 Å². The van der Waals surface area contributed by atoms with Crippen LogP contribution in [0.3, 0.4) is 0 Å². The van der Waals surface area contributed by atoms with Crippen molar-refractivity contribution in [3.63, 3.8) is 0 Å². The summed E-state index contributed by atoms with van der Waals surface area (Å²) in [7, 11) is 0. The van der Waals surface area contributed by atoms with Crippen LogP contribution in [-0.2, 0) is 33.2 Å². The molecule has 0 bridgehead atoms. The van der Waals surface area contributed by atoms with Gasteiger partial charge in [-0.25, -0.2) is 0 Å². The van der Waals surface area contributed by atoms with Gasteiger partial charge in [-0.2, -0.15) is 0 Å². The van der Waals surface area contributed by atoms with Crippen molar-refractivity contribution in [2.45, 2.75) is 126 Å². The lowest BCUT2D eigenvalue weighted by Gasteiger charge is -2.48. The molecule has 16 nitrogen and oxygen atoms in total. The first-order valence-electron chi connectivity index (χ1n) is 12.8. The number of carbonyl (C=O) groups excluding carboxylic acids is 1. The van der Waals surface area contributed by atoms with Gasteiger partial charge < -0.3 is 74.6 Å². The van der Waals surface area contributed by atoms with Crippen molar-refractivity contribution in [2.75, 3.05) is 13.2 Å². The summed E-state index contributed by atoms with van der Waals surface area (Å²) < 4.78 is 33.4. The number of aliphatic hydroxyl groups is 8. The Kier molecular flexibility index (Phi) is 11.4. The molecule has 0 aliphatic carbocycles. The van der Waals surface area contributed by atoms with Crippen LogP contribution in [0.1, 0.15) is 27.7 Å². The van der Waals surface area contributed by atoms with E-state index in [2.05, 4.69) is 5.32 Å². The molecular weight excluding hydrogens is 530 g/mol. The molecule has 39 heavy (non-hydrogen) atoms. The van der Waals surface area contributed by atoms with E-state index >= 15 is 0 Å². The Morgan fingerprint density at radius 3 is 1.79 bits per heavy atom. The van der Waals surface area contributed by atoms with Gasteiger partial charge in [-0.1, -0.05) is 0 Å². The van der Waals surface area contributed by atoms with E-state index in [1.807, 2.05) is 0 Å². The van der Waals surface area contributed by atoms with Gasteiger partial charge >= 0.3 is 0 Å². The molecule has 0 aromatic carbocycles. The average Bonchev–Trinajstić information content (AvgIpc) is 2.89. The highest BCUT2D eigenvalue weighted by molar-refractivity contribution is 5.73. The molecule has 3 fully saturated rings. The number of ether oxygens (including phenoxy) is 6. The molecule has 16 heteroatoms. The minimum Gasteiger partial charge on any atom is -0.394 e. The molecule has 0 saturated carbocycles. The first-order valence-corrected chi connectivity index (χ1v) is 12.8. The number of hydrogen-bond acceptors (Lipinski definition) is 15. The highest BCUT2D eigenvalue weighted by atomic mass is 16.8. The molecule has 228 valence electrons. The maximum atomic E-state index is 11.5. The van der Waals surface area contributed by atoms with E-state index in [1.54, 1.807) is 0 Å². The lowest BCUT2D eigenvalue weighted by Crippen LogP contribution is -2.67. The summed E-state index contributed by atoms with van der Waals surface area (Å²) in [5.41, 5.74) is 0. The van der Waals surface area contributed by atoms with Gasteiger partial charge in [0.2, 0.25) is 5.91 Å². The lowest BCUT2D eigenvalue weighted by atomic mass is 9.95. The van der Waals surface area contributed by atoms with Crippen LogP contribution in [-0.4, -0.2) is 158 Å². The Morgan fingerprint density at radius 2 is 1.21 bits per heavy atom. The Balaban J connectivity index is 1.68. The second-order valence-electron chi connectivity index (χ2n) is 10.1. The second-order valence-corrected chi connectivity index (χ2v) is 10.1. The fourth-order valence-electron chi connectivity index (χ4n) is 4.77. The van der Waals surface area contributed by atoms with E-state index in [9.17, 15) is 45.6 Å². The van der Waals surface area contributed by atoms with E-state index in [-0.39, 0.29) is 0 Å². The SMILES string of the molecule is CC(=O)N[C@H]1[C@@H](O)[C@@H](C)O[C@H](O[C@@H]2[C@@H](O)[C@@H](O)[C@H](O[C@@H]3[C@@H](O)[C@H](C)O[C@@H](OC(CO)CO)[C@@H]3O)O[C@H]2C)[C@@H]1O. The minimum absolute atomic E-state index is 0.501. The molecule has 0 aromatic rings. The van der Waals surface area contributed by atoms with Crippen LogP contribution in [0.15, 0.2) is 0 Å². The van der Waals surface area contributed by atoms with Crippen molar-refractivity contribution >= 4 is 5.91 Å². The van der Waals surface area contributed by atoms with E-state index in [0.29, 0.717) is 0 Å². The van der Waals surface area contributed by atoms with Gasteiger partial charge in [0.15, 0.2) is 18.9 Å². The molecule has 1 amide bonds. The van der Waals surface area contributed by atoms with E-state index in [4.69, 9.17) is 28.4 Å². The van der Waals surface area contributed by atoms with Crippen LogP contribution in [0.4, 0.5) is 0 Å². The van der Waals surface area contributed by atoms with Crippen molar-refractivity contribution in [3.8, 4) is 0 Å². The van der Waals surface area contributed by atoms with E-state index < -0.39 is 117 Å². The molecule has 15 atom stereocenters.